The van der Waals surface area contributed by atoms with Crippen molar-refractivity contribution in [2.24, 2.45) is 0 Å². The van der Waals surface area contributed by atoms with Gasteiger partial charge in [0.2, 0.25) is 0 Å². The molecule has 0 aliphatic heterocycles. The summed E-state index contributed by atoms with van der Waals surface area (Å²) in [6.07, 6.45) is -2.25. The van der Waals surface area contributed by atoms with Crippen molar-refractivity contribution in [1.82, 2.24) is 5.32 Å². The van der Waals surface area contributed by atoms with Gasteiger partial charge in [-0.2, -0.15) is 8.78 Å². The second kappa shape index (κ2) is 5.18. The second-order valence-electron chi connectivity index (χ2n) is 2.95. The second-order valence-corrected chi connectivity index (χ2v) is 2.95. The van der Waals surface area contributed by atoms with Crippen LogP contribution in [0.1, 0.15) is 6.92 Å². The molecule has 0 rings (SSSR count). The first-order valence-corrected chi connectivity index (χ1v) is 3.95. The third-order valence-corrected chi connectivity index (χ3v) is 1.57. The Kier molecular flexibility index (Phi) is 4.89. The van der Waals surface area contributed by atoms with E-state index in [4.69, 9.17) is 15.3 Å². The van der Waals surface area contributed by atoms with E-state index in [2.05, 4.69) is 0 Å². The molecular weight excluding hydrogens is 200 g/mol. The highest BCUT2D eigenvalue weighted by Crippen LogP contribution is 2.11. The van der Waals surface area contributed by atoms with Crippen molar-refractivity contribution in [2.75, 3.05) is 13.1 Å². The zero-order chi connectivity index (χ0) is 11.4. The smallest absolute Gasteiger partial charge is 0.375 e. The molecule has 0 aromatic carbocycles. The van der Waals surface area contributed by atoms with E-state index in [0.29, 0.717) is 0 Å². The largest absolute Gasteiger partial charge is 0.477 e. The Hall–Kier alpha value is -0.790. The molecule has 0 radical (unpaired) electrons. The number of carboxylic acid groups (broad SMARTS) is 1. The number of halogens is 2. The lowest BCUT2D eigenvalue weighted by molar-refractivity contribution is -0.164. The number of carboxylic acids is 1. The summed E-state index contributed by atoms with van der Waals surface area (Å²) in [4.78, 5) is 9.93. The topological polar surface area (TPSA) is 89.8 Å². The SMILES string of the molecule is CC(O)C(O)CNCC(F)(F)C(=O)O. The lowest BCUT2D eigenvalue weighted by Gasteiger charge is -2.16. The van der Waals surface area contributed by atoms with Crippen LogP contribution in [0, 0.1) is 0 Å². The number of aliphatic hydroxyl groups excluding tert-OH is 2. The van der Waals surface area contributed by atoms with Gasteiger partial charge in [-0.15, -0.1) is 0 Å². The quantitative estimate of drug-likeness (QED) is 0.456. The molecule has 7 heteroatoms. The fraction of sp³-hybridized carbons (Fsp3) is 0.857. The minimum absolute atomic E-state index is 0.291. The van der Waals surface area contributed by atoms with Crippen molar-refractivity contribution in [3.05, 3.63) is 0 Å². The van der Waals surface area contributed by atoms with E-state index in [-0.39, 0.29) is 6.54 Å². The van der Waals surface area contributed by atoms with Crippen LogP contribution in [0.15, 0.2) is 0 Å². The molecule has 14 heavy (non-hydrogen) atoms. The van der Waals surface area contributed by atoms with Crippen molar-refractivity contribution >= 4 is 5.97 Å². The van der Waals surface area contributed by atoms with Crippen molar-refractivity contribution < 1.29 is 28.9 Å². The van der Waals surface area contributed by atoms with E-state index in [1.165, 1.54) is 6.92 Å². The summed E-state index contributed by atoms with van der Waals surface area (Å²) in [6, 6.07) is 0. The van der Waals surface area contributed by atoms with Gasteiger partial charge >= 0.3 is 11.9 Å². The Labute approximate surface area is 79.4 Å². The third-order valence-electron chi connectivity index (χ3n) is 1.57. The first-order valence-electron chi connectivity index (χ1n) is 3.95. The van der Waals surface area contributed by atoms with E-state index in [0.717, 1.165) is 0 Å². The molecule has 0 aliphatic carbocycles. The molecule has 84 valence electrons. The van der Waals surface area contributed by atoms with Crippen molar-refractivity contribution in [2.45, 2.75) is 25.1 Å². The molecule has 4 N–H and O–H groups in total. The standard InChI is InChI=1S/C7H13F2NO4/c1-4(11)5(12)2-10-3-7(8,9)6(13)14/h4-5,10-12H,2-3H2,1H3,(H,13,14). The number of alkyl halides is 2. The number of hydrogen-bond donors (Lipinski definition) is 4. The van der Waals surface area contributed by atoms with Gasteiger partial charge in [0.05, 0.1) is 18.8 Å². The molecule has 5 nitrogen and oxygen atoms in total. The highest BCUT2D eigenvalue weighted by molar-refractivity contribution is 5.75. The normalized spacial score (nSPS) is 16.4. The van der Waals surface area contributed by atoms with Gasteiger partial charge in [0.15, 0.2) is 0 Å². The monoisotopic (exact) mass is 213 g/mol. The molecule has 0 aromatic heterocycles. The summed E-state index contributed by atoms with van der Waals surface area (Å²) < 4.78 is 24.8. The van der Waals surface area contributed by atoms with E-state index in [1.807, 2.05) is 5.32 Å². The molecule has 0 heterocycles. The van der Waals surface area contributed by atoms with E-state index >= 15 is 0 Å². The maximum absolute atomic E-state index is 12.4. The average Bonchev–Trinajstić information content (AvgIpc) is 2.03. The summed E-state index contributed by atoms with van der Waals surface area (Å²) >= 11 is 0. The Bertz CT molecular complexity index is 198. The van der Waals surface area contributed by atoms with Crippen LogP contribution in [0.25, 0.3) is 0 Å². The Morgan fingerprint density at radius 3 is 2.36 bits per heavy atom. The molecule has 0 bridgehead atoms. The van der Waals surface area contributed by atoms with Crippen LogP contribution < -0.4 is 5.32 Å². The summed E-state index contributed by atoms with van der Waals surface area (Å²) in [5.41, 5.74) is 0. The van der Waals surface area contributed by atoms with Gasteiger partial charge in [-0.1, -0.05) is 0 Å². The molecule has 0 aromatic rings. The zero-order valence-corrected chi connectivity index (χ0v) is 7.57. The van der Waals surface area contributed by atoms with Crippen LogP contribution in [0.5, 0.6) is 0 Å². The van der Waals surface area contributed by atoms with Gasteiger partial charge < -0.3 is 20.6 Å². The lowest BCUT2D eigenvalue weighted by Crippen LogP contribution is -2.44. The number of nitrogens with one attached hydrogen (secondary N) is 1. The first-order chi connectivity index (χ1) is 6.27. The number of rotatable bonds is 6. The maximum atomic E-state index is 12.4. The molecule has 0 amide bonds. The van der Waals surface area contributed by atoms with E-state index in [1.54, 1.807) is 0 Å². The van der Waals surface area contributed by atoms with Crippen LogP contribution in [-0.2, 0) is 4.79 Å². The molecular formula is C7H13F2NO4. The molecule has 2 unspecified atom stereocenters. The molecule has 0 saturated carbocycles. The number of carbonyl (C=O) groups is 1. The molecule has 0 saturated heterocycles. The average molecular weight is 213 g/mol. The highest BCUT2D eigenvalue weighted by atomic mass is 19.3. The predicted molar refractivity (Wildman–Crippen MR) is 43.1 cm³/mol. The zero-order valence-electron chi connectivity index (χ0n) is 7.57. The minimum Gasteiger partial charge on any atom is -0.477 e. The Morgan fingerprint density at radius 1 is 1.50 bits per heavy atom. The fourth-order valence-corrected chi connectivity index (χ4v) is 0.623. The van der Waals surface area contributed by atoms with Crippen molar-refractivity contribution in [3.63, 3.8) is 0 Å². The molecule has 0 aliphatic rings. The van der Waals surface area contributed by atoms with Crippen LogP contribution in [-0.4, -0.2) is 52.5 Å². The number of aliphatic carboxylic acids is 1. The van der Waals surface area contributed by atoms with Crippen LogP contribution in [0.2, 0.25) is 0 Å². The van der Waals surface area contributed by atoms with Crippen LogP contribution >= 0.6 is 0 Å². The summed E-state index contributed by atoms with van der Waals surface area (Å²) in [5, 5.41) is 27.8. The van der Waals surface area contributed by atoms with Crippen LogP contribution in [0.4, 0.5) is 8.78 Å². The van der Waals surface area contributed by atoms with Crippen LogP contribution in [0.3, 0.4) is 0 Å². The van der Waals surface area contributed by atoms with Gasteiger partial charge in [0.1, 0.15) is 0 Å². The van der Waals surface area contributed by atoms with E-state index in [9.17, 15) is 13.6 Å². The highest BCUT2D eigenvalue weighted by Gasteiger charge is 2.38. The predicted octanol–water partition coefficient (Wildman–Crippen LogP) is -0.962. The summed E-state index contributed by atoms with van der Waals surface area (Å²) in [6.45, 7) is -0.0751. The fourth-order valence-electron chi connectivity index (χ4n) is 0.623. The van der Waals surface area contributed by atoms with Gasteiger partial charge in [-0.05, 0) is 6.92 Å². The Balaban J connectivity index is 3.79. The number of aliphatic hydroxyl groups is 2. The molecule has 0 spiro atoms. The minimum atomic E-state index is -3.86. The van der Waals surface area contributed by atoms with Gasteiger partial charge in [-0.3, -0.25) is 0 Å². The van der Waals surface area contributed by atoms with E-state index < -0.39 is 30.6 Å². The van der Waals surface area contributed by atoms with Gasteiger partial charge in [0, 0.05) is 6.54 Å². The van der Waals surface area contributed by atoms with Crippen molar-refractivity contribution in [1.29, 1.82) is 0 Å². The number of hydrogen-bond acceptors (Lipinski definition) is 4. The van der Waals surface area contributed by atoms with Gasteiger partial charge in [0.25, 0.3) is 0 Å². The lowest BCUT2D eigenvalue weighted by atomic mass is 10.2. The molecule has 0 fully saturated rings. The maximum Gasteiger partial charge on any atom is 0.375 e. The third kappa shape index (κ3) is 4.45. The van der Waals surface area contributed by atoms with Gasteiger partial charge in [-0.25, -0.2) is 4.79 Å². The summed E-state index contributed by atoms with van der Waals surface area (Å²) in [5.74, 6) is -6.09. The Morgan fingerprint density at radius 2 is 2.00 bits per heavy atom. The molecule has 2 atom stereocenters. The van der Waals surface area contributed by atoms with Crippen molar-refractivity contribution in [3.8, 4) is 0 Å². The first kappa shape index (κ1) is 13.2. The summed E-state index contributed by atoms with van der Waals surface area (Å²) in [7, 11) is 0.